The first-order valence-electron chi connectivity index (χ1n) is 9.73. The molecular weight excluding hydrogens is 341 g/mol. The molecule has 144 valence electrons. The number of carbonyl (C=O) groups excluding carboxylic acids is 1. The van der Waals surface area contributed by atoms with Gasteiger partial charge in [-0.15, -0.1) is 0 Å². The Hall–Kier alpha value is -2.40. The summed E-state index contributed by atoms with van der Waals surface area (Å²) in [5, 5.41) is 6.44. The molecule has 2 aromatic carbocycles. The molecule has 0 aromatic heterocycles. The summed E-state index contributed by atoms with van der Waals surface area (Å²) >= 11 is 0. The fourth-order valence-corrected chi connectivity index (χ4v) is 3.42. The van der Waals surface area contributed by atoms with Gasteiger partial charge in [-0.1, -0.05) is 19.1 Å². The van der Waals surface area contributed by atoms with Crippen LogP contribution in [0.1, 0.15) is 43.5 Å². The number of halogens is 1. The molecule has 1 aliphatic heterocycles. The van der Waals surface area contributed by atoms with Crippen molar-refractivity contribution in [2.24, 2.45) is 0 Å². The molecule has 3 rings (SSSR count). The number of rotatable bonds is 6. The summed E-state index contributed by atoms with van der Waals surface area (Å²) in [6.07, 6.45) is 3.42. The average molecular weight is 369 g/mol. The number of benzene rings is 2. The minimum atomic E-state index is -0.513. The predicted molar refractivity (Wildman–Crippen MR) is 109 cm³/mol. The molecule has 2 aromatic rings. The van der Waals surface area contributed by atoms with E-state index in [1.165, 1.54) is 12.1 Å². The number of hydrogen-bond acceptors (Lipinski definition) is 3. The molecule has 5 heteroatoms. The third kappa shape index (κ3) is 5.07. The van der Waals surface area contributed by atoms with Crippen molar-refractivity contribution in [2.45, 2.75) is 45.2 Å². The largest absolute Gasteiger partial charge is 0.371 e. The monoisotopic (exact) mass is 369 g/mol. The molecule has 0 aliphatic carbocycles. The quantitative estimate of drug-likeness (QED) is 0.791. The number of hydrogen-bond donors (Lipinski definition) is 2. The first kappa shape index (κ1) is 19.4. The summed E-state index contributed by atoms with van der Waals surface area (Å²) in [5.41, 5.74) is 1.87. The van der Waals surface area contributed by atoms with E-state index in [1.807, 2.05) is 24.3 Å². The van der Waals surface area contributed by atoms with E-state index in [2.05, 4.69) is 29.4 Å². The van der Waals surface area contributed by atoms with Gasteiger partial charge in [-0.3, -0.25) is 4.79 Å². The molecule has 1 saturated heterocycles. The second kappa shape index (κ2) is 9.00. The Morgan fingerprint density at radius 2 is 1.81 bits per heavy atom. The van der Waals surface area contributed by atoms with Crippen LogP contribution in [0.2, 0.25) is 0 Å². The van der Waals surface area contributed by atoms with Crippen LogP contribution in [0.15, 0.2) is 48.5 Å². The van der Waals surface area contributed by atoms with Gasteiger partial charge in [0.05, 0.1) is 5.56 Å². The van der Waals surface area contributed by atoms with Gasteiger partial charge in [-0.2, -0.15) is 0 Å². The lowest BCUT2D eigenvalue weighted by atomic mass is 10.0. The number of anilines is 2. The molecule has 2 N–H and O–H groups in total. The summed E-state index contributed by atoms with van der Waals surface area (Å²) in [4.78, 5) is 14.6. The van der Waals surface area contributed by atoms with E-state index >= 15 is 0 Å². The maximum Gasteiger partial charge on any atom is 0.258 e. The van der Waals surface area contributed by atoms with E-state index in [9.17, 15) is 9.18 Å². The van der Waals surface area contributed by atoms with Crippen molar-refractivity contribution >= 4 is 17.3 Å². The Morgan fingerprint density at radius 3 is 2.44 bits per heavy atom. The van der Waals surface area contributed by atoms with Crippen molar-refractivity contribution in [3.05, 3.63) is 59.9 Å². The maximum absolute atomic E-state index is 13.7. The van der Waals surface area contributed by atoms with Crippen LogP contribution in [-0.4, -0.2) is 31.1 Å². The molecule has 0 bridgehead atoms. The molecule has 1 heterocycles. The van der Waals surface area contributed by atoms with Gasteiger partial charge < -0.3 is 15.5 Å². The van der Waals surface area contributed by atoms with Crippen molar-refractivity contribution in [2.75, 3.05) is 23.3 Å². The van der Waals surface area contributed by atoms with E-state index in [0.29, 0.717) is 17.8 Å². The van der Waals surface area contributed by atoms with Crippen molar-refractivity contribution in [1.82, 2.24) is 5.32 Å². The molecular formula is C22H28FN3O. The fraction of sp³-hybridized carbons (Fsp3) is 0.409. The van der Waals surface area contributed by atoms with E-state index in [1.54, 1.807) is 12.1 Å². The van der Waals surface area contributed by atoms with Gasteiger partial charge in [0.2, 0.25) is 0 Å². The zero-order valence-corrected chi connectivity index (χ0v) is 16.0. The molecule has 0 spiro atoms. The van der Waals surface area contributed by atoms with Crippen molar-refractivity contribution < 1.29 is 9.18 Å². The molecule has 1 amide bonds. The highest BCUT2D eigenvalue weighted by Crippen LogP contribution is 2.23. The predicted octanol–water partition coefficient (Wildman–Crippen LogP) is 4.43. The molecule has 0 unspecified atom stereocenters. The Balaban J connectivity index is 1.55. The highest BCUT2D eigenvalue weighted by molar-refractivity contribution is 6.04. The number of amides is 1. The molecule has 0 radical (unpaired) electrons. The Labute approximate surface area is 160 Å². The first-order chi connectivity index (χ1) is 13.1. The van der Waals surface area contributed by atoms with Crippen molar-refractivity contribution in [3.8, 4) is 0 Å². The average Bonchev–Trinajstić information content (AvgIpc) is 2.69. The zero-order valence-electron chi connectivity index (χ0n) is 16.0. The van der Waals surface area contributed by atoms with Crippen LogP contribution in [0.3, 0.4) is 0 Å². The summed E-state index contributed by atoms with van der Waals surface area (Å²) < 4.78 is 13.7. The molecule has 0 saturated carbocycles. The summed E-state index contributed by atoms with van der Waals surface area (Å²) in [6, 6.07) is 14.9. The first-order valence-corrected chi connectivity index (χ1v) is 9.73. The van der Waals surface area contributed by atoms with Crippen molar-refractivity contribution in [1.29, 1.82) is 0 Å². The molecule has 27 heavy (non-hydrogen) atoms. The third-order valence-electron chi connectivity index (χ3n) is 5.24. The lowest BCUT2D eigenvalue weighted by Crippen LogP contribution is -2.45. The van der Waals surface area contributed by atoms with Crippen LogP contribution in [0.5, 0.6) is 0 Å². The van der Waals surface area contributed by atoms with Crippen LogP contribution in [0.4, 0.5) is 15.8 Å². The van der Waals surface area contributed by atoms with Crippen molar-refractivity contribution in [3.63, 3.8) is 0 Å². The number of nitrogens with one attached hydrogen (secondary N) is 2. The number of carbonyl (C=O) groups is 1. The number of nitrogens with zero attached hydrogens (tertiary/aromatic N) is 1. The van der Waals surface area contributed by atoms with E-state index in [0.717, 1.165) is 38.0 Å². The topological polar surface area (TPSA) is 44.4 Å². The van der Waals surface area contributed by atoms with Gasteiger partial charge in [0, 0.05) is 36.5 Å². The SMILES string of the molecule is CC[C@@H](C)NC1CCN(c2ccc(NC(=O)c3ccccc3F)cc2)CC1. The lowest BCUT2D eigenvalue weighted by Gasteiger charge is -2.35. The van der Waals surface area contributed by atoms with Crippen LogP contribution in [0.25, 0.3) is 0 Å². The van der Waals surface area contributed by atoms with Gasteiger partial charge in [0.15, 0.2) is 0 Å². The summed E-state index contributed by atoms with van der Waals surface area (Å²) in [7, 11) is 0. The van der Waals surface area contributed by atoms with Crippen LogP contribution in [-0.2, 0) is 0 Å². The van der Waals surface area contributed by atoms with Gasteiger partial charge in [-0.05, 0) is 62.6 Å². The molecule has 1 atom stereocenters. The molecule has 4 nitrogen and oxygen atoms in total. The second-order valence-corrected chi connectivity index (χ2v) is 7.22. The van der Waals surface area contributed by atoms with E-state index in [-0.39, 0.29) is 5.56 Å². The molecule has 1 fully saturated rings. The maximum atomic E-state index is 13.7. The minimum Gasteiger partial charge on any atom is -0.371 e. The highest BCUT2D eigenvalue weighted by atomic mass is 19.1. The van der Waals surface area contributed by atoms with Crippen LogP contribution >= 0.6 is 0 Å². The molecule has 1 aliphatic rings. The fourth-order valence-electron chi connectivity index (χ4n) is 3.42. The van der Waals surface area contributed by atoms with Crippen LogP contribution < -0.4 is 15.5 Å². The van der Waals surface area contributed by atoms with Crippen LogP contribution in [0, 0.1) is 5.82 Å². The number of piperidine rings is 1. The standard InChI is InChI=1S/C22H28FN3O/c1-3-16(2)24-18-12-14-26(15-13-18)19-10-8-17(9-11-19)25-22(27)20-6-4-5-7-21(20)23/h4-11,16,18,24H,3,12-15H2,1-2H3,(H,25,27)/t16-/m1/s1. The van der Waals surface area contributed by atoms with Gasteiger partial charge in [-0.25, -0.2) is 4.39 Å². The van der Waals surface area contributed by atoms with E-state index < -0.39 is 11.7 Å². The lowest BCUT2D eigenvalue weighted by molar-refractivity contribution is 0.102. The highest BCUT2D eigenvalue weighted by Gasteiger charge is 2.20. The van der Waals surface area contributed by atoms with Gasteiger partial charge in [0.1, 0.15) is 5.82 Å². The second-order valence-electron chi connectivity index (χ2n) is 7.22. The summed E-state index contributed by atoms with van der Waals surface area (Å²) in [6.45, 7) is 6.49. The minimum absolute atomic E-state index is 0.0532. The Kier molecular flexibility index (Phi) is 6.45. The third-order valence-corrected chi connectivity index (χ3v) is 5.24. The van der Waals surface area contributed by atoms with Gasteiger partial charge in [0.25, 0.3) is 5.91 Å². The Bertz CT molecular complexity index is 754. The van der Waals surface area contributed by atoms with Gasteiger partial charge >= 0.3 is 0 Å². The summed E-state index contributed by atoms with van der Waals surface area (Å²) in [5.74, 6) is -0.946. The normalized spacial score (nSPS) is 16.2. The zero-order chi connectivity index (χ0) is 19.2. The Morgan fingerprint density at radius 1 is 1.15 bits per heavy atom. The van der Waals surface area contributed by atoms with E-state index in [4.69, 9.17) is 0 Å². The smallest absolute Gasteiger partial charge is 0.258 e.